The lowest BCUT2D eigenvalue weighted by molar-refractivity contribution is -0.303. The molecule has 2 aromatic carbocycles. The molecule has 3 rings (SSSR count). The van der Waals surface area contributed by atoms with E-state index in [0.717, 1.165) is 51.4 Å². The summed E-state index contributed by atoms with van der Waals surface area (Å²) in [6.45, 7) is 4.49. The predicted octanol–water partition coefficient (Wildman–Crippen LogP) is 14.5. The van der Waals surface area contributed by atoms with Crippen molar-refractivity contribution in [1.82, 2.24) is 5.32 Å². The van der Waals surface area contributed by atoms with Crippen molar-refractivity contribution in [2.75, 3.05) is 13.2 Å². The van der Waals surface area contributed by atoms with Crippen LogP contribution in [0.15, 0.2) is 60.7 Å². The first-order chi connectivity index (χ1) is 40.0. The van der Waals surface area contributed by atoms with Gasteiger partial charge in [-0.05, 0) is 49.9 Å². The minimum absolute atomic E-state index is 0.194. The molecule has 1 heterocycles. The maximum Gasteiger partial charge on any atom is 0.338 e. The van der Waals surface area contributed by atoms with Gasteiger partial charge in [-0.3, -0.25) is 9.59 Å². The van der Waals surface area contributed by atoms with Crippen LogP contribution in [-0.2, 0) is 33.3 Å². The molecule has 0 radical (unpaired) electrons. The van der Waals surface area contributed by atoms with E-state index in [1.807, 2.05) is 0 Å². The summed E-state index contributed by atoms with van der Waals surface area (Å²) < 4.78 is 30.1. The lowest BCUT2D eigenvalue weighted by atomic mass is 9.97. The molecule has 0 spiro atoms. The molecule has 0 aliphatic carbocycles. The summed E-state index contributed by atoms with van der Waals surface area (Å²) in [4.78, 5) is 55.4. The van der Waals surface area contributed by atoms with Gasteiger partial charge in [0.1, 0.15) is 30.5 Å². The van der Waals surface area contributed by atoms with E-state index in [9.17, 15) is 39.6 Å². The van der Waals surface area contributed by atoms with Crippen LogP contribution < -0.4 is 5.32 Å². The van der Waals surface area contributed by atoms with Gasteiger partial charge < -0.3 is 49.4 Å². The number of amides is 1. The minimum Gasteiger partial charge on any atom is -0.455 e. The molecule has 1 aliphatic rings. The van der Waals surface area contributed by atoms with Gasteiger partial charge in [0.25, 0.3) is 5.91 Å². The second-order valence-corrected chi connectivity index (χ2v) is 23.4. The normalized spacial score (nSPS) is 18.5. The zero-order valence-electron chi connectivity index (χ0n) is 51.2. The Kier molecular flexibility index (Phi) is 41.8. The van der Waals surface area contributed by atoms with E-state index in [2.05, 4.69) is 19.2 Å². The molecule has 0 saturated carbocycles. The van der Waals surface area contributed by atoms with Gasteiger partial charge in [0.2, 0.25) is 0 Å². The Balaban J connectivity index is 1.70. The van der Waals surface area contributed by atoms with E-state index >= 15 is 0 Å². The zero-order chi connectivity index (χ0) is 59.3. The SMILES string of the molecule is CCCCCCCCCCCCCCCCCCCCCCCC[C@@H](OC(C)=O)C(=O)N[C@@H](CO[C@H]1O[C@H](CO)[C@H](O)[C@H](O)[C@H]1O)[C@H](OC(=O)c1ccccc1)[C@@H](CCCCCCCCCCCCCCCC)OC(=O)c1ccccc1. The first-order valence-corrected chi connectivity index (χ1v) is 32.9. The summed E-state index contributed by atoms with van der Waals surface area (Å²) in [6, 6.07) is 15.4. The fraction of sp³-hybridized carbons (Fsp3) is 0.765. The van der Waals surface area contributed by atoms with Gasteiger partial charge >= 0.3 is 17.9 Å². The highest BCUT2D eigenvalue weighted by Gasteiger charge is 2.46. The molecular formula is C68H113NO13. The summed E-state index contributed by atoms with van der Waals surface area (Å²) in [7, 11) is 0. The third kappa shape index (κ3) is 32.4. The van der Waals surface area contributed by atoms with Crippen LogP contribution in [0.25, 0.3) is 0 Å². The highest BCUT2D eigenvalue weighted by molar-refractivity contribution is 5.90. The molecule has 5 N–H and O–H groups in total. The van der Waals surface area contributed by atoms with Gasteiger partial charge in [-0.15, -0.1) is 0 Å². The number of nitrogens with one attached hydrogen (secondary N) is 1. The molecule has 14 nitrogen and oxygen atoms in total. The Bertz CT molecular complexity index is 1890. The maximum absolute atomic E-state index is 14.6. The number of aliphatic hydroxyl groups excluding tert-OH is 4. The molecule has 82 heavy (non-hydrogen) atoms. The smallest absolute Gasteiger partial charge is 0.338 e. The quantitative estimate of drug-likeness (QED) is 0.0238. The van der Waals surface area contributed by atoms with Crippen molar-refractivity contribution in [1.29, 1.82) is 0 Å². The van der Waals surface area contributed by atoms with Crippen LogP contribution in [0.4, 0.5) is 0 Å². The lowest BCUT2D eigenvalue weighted by Gasteiger charge is -2.40. The first-order valence-electron chi connectivity index (χ1n) is 32.9. The number of unbranched alkanes of at least 4 members (excludes halogenated alkanes) is 34. The monoisotopic (exact) mass is 1150 g/mol. The summed E-state index contributed by atoms with van der Waals surface area (Å²) in [5.41, 5.74) is 0.453. The van der Waals surface area contributed by atoms with Crippen LogP contribution in [-0.4, -0.2) is 113 Å². The van der Waals surface area contributed by atoms with Crippen molar-refractivity contribution in [3.05, 3.63) is 71.8 Å². The second-order valence-electron chi connectivity index (χ2n) is 23.4. The van der Waals surface area contributed by atoms with Crippen LogP contribution in [0.1, 0.15) is 285 Å². The number of benzene rings is 2. The second kappa shape index (κ2) is 47.3. The highest BCUT2D eigenvalue weighted by atomic mass is 16.7. The van der Waals surface area contributed by atoms with E-state index in [0.29, 0.717) is 12.8 Å². The van der Waals surface area contributed by atoms with E-state index in [-0.39, 0.29) is 24.0 Å². The van der Waals surface area contributed by atoms with Gasteiger partial charge in [-0.1, -0.05) is 269 Å². The number of rotatable bonds is 51. The van der Waals surface area contributed by atoms with E-state index in [4.69, 9.17) is 23.7 Å². The molecule has 1 saturated heterocycles. The van der Waals surface area contributed by atoms with Crippen molar-refractivity contribution >= 4 is 23.8 Å². The number of hydrogen-bond donors (Lipinski definition) is 5. The third-order valence-corrected chi connectivity index (χ3v) is 16.2. The average molecular weight is 1150 g/mol. The highest BCUT2D eigenvalue weighted by Crippen LogP contribution is 2.26. The van der Waals surface area contributed by atoms with Crippen LogP contribution in [0.2, 0.25) is 0 Å². The Hall–Kier alpha value is -3.92. The molecule has 1 fully saturated rings. The largest absolute Gasteiger partial charge is 0.455 e. The van der Waals surface area contributed by atoms with Gasteiger partial charge in [-0.25, -0.2) is 9.59 Å². The van der Waals surface area contributed by atoms with Gasteiger partial charge in [0, 0.05) is 6.92 Å². The van der Waals surface area contributed by atoms with Crippen molar-refractivity contribution in [3.63, 3.8) is 0 Å². The Labute approximate surface area is 495 Å². The molecule has 0 unspecified atom stereocenters. The van der Waals surface area contributed by atoms with E-state index < -0.39 is 92.1 Å². The minimum atomic E-state index is -1.79. The predicted molar refractivity (Wildman–Crippen MR) is 325 cm³/mol. The zero-order valence-corrected chi connectivity index (χ0v) is 51.2. The number of carbonyl (C=O) groups is 4. The van der Waals surface area contributed by atoms with Crippen LogP contribution in [0.3, 0.4) is 0 Å². The van der Waals surface area contributed by atoms with Crippen molar-refractivity contribution < 1.29 is 63.3 Å². The number of ether oxygens (including phenoxy) is 5. The first kappa shape index (κ1) is 72.3. The average Bonchev–Trinajstić information content (AvgIpc) is 3.50. The third-order valence-electron chi connectivity index (χ3n) is 16.2. The number of carbonyl (C=O) groups excluding carboxylic acids is 4. The Morgan fingerprint density at radius 1 is 0.476 bits per heavy atom. The standard InChI is InChI=1S/C68H113NO13/c1-4-6-8-10-12-14-16-18-20-21-22-23-24-25-26-27-29-31-33-35-37-45-51-59(79-54(3)71)65(75)69-57(53-78-68-63(74)62(73)61(72)60(52-70)81-68)64(82-67(77)56-48-42-39-43-49-56)58(80-66(76)55-46-40-38-41-47-55)50-44-36-34-32-30-28-19-17-15-13-11-9-7-5-2/h38-43,46-49,57-64,68,70,72-74H,4-37,44-45,50-53H2,1-3H3,(H,69,75)/t57-,58+,59+,60+,61-,62-,63+,64-,68-/m0/s1. The Morgan fingerprint density at radius 3 is 1.22 bits per heavy atom. The molecule has 1 amide bonds. The van der Waals surface area contributed by atoms with Gasteiger partial charge in [0.05, 0.1) is 30.4 Å². The molecule has 9 atom stereocenters. The van der Waals surface area contributed by atoms with Crippen molar-refractivity contribution in [2.24, 2.45) is 0 Å². The summed E-state index contributed by atoms with van der Waals surface area (Å²) in [6.07, 6.45) is 31.8. The molecule has 468 valence electrons. The molecule has 0 bridgehead atoms. The fourth-order valence-corrected chi connectivity index (χ4v) is 11.1. The van der Waals surface area contributed by atoms with Gasteiger partial charge in [-0.2, -0.15) is 0 Å². The van der Waals surface area contributed by atoms with Crippen molar-refractivity contribution in [2.45, 2.75) is 320 Å². The molecule has 0 aromatic heterocycles. The number of aliphatic hydroxyl groups is 4. The topological polar surface area (TPSA) is 207 Å². The molecule has 2 aromatic rings. The Morgan fingerprint density at radius 2 is 0.841 bits per heavy atom. The van der Waals surface area contributed by atoms with Crippen molar-refractivity contribution in [3.8, 4) is 0 Å². The maximum atomic E-state index is 14.6. The summed E-state index contributed by atoms with van der Waals surface area (Å²) in [5, 5.41) is 45.2. The number of esters is 3. The van der Waals surface area contributed by atoms with Crippen LogP contribution >= 0.6 is 0 Å². The fourth-order valence-electron chi connectivity index (χ4n) is 11.1. The van der Waals surface area contributed by atoms with Crippen LogP contribution in [0, 0.1) is 0 Å². The molecule has 1 aliphatic heterocycles. The summed E-state index contributed by atoms with van der Waals surface area (Å²) >= 11 is 0. The van der Waals surface area contributed by atoms with E-state index in [1.54, 1.807) is 60.7 Å². The lowest BCUT2D eigenvalue weighted by Crippen LogP contribution is -2.61. The van der Waals surface area contributed by atoms with Gasteiger partial charge in [0.15, 0.2) is 18.5 Å². The molecular weight excluding hydrogens is 1040 g/mol. The number of hydrogen-bond acceptors (Lipinski definition) is 13. The summed E-state index contributed by atoms with van der Waals surface area (Å²) in [5.74, 6) is -2.82. The van der Waals surface area contributed by atoms with E-state index in [1.165, 1.54) is 174 Å². The van der Waals surface area contributed by atoms with Crippen LogP contribution in [0.5, 0.6) is 0 Å². The molecule has 14 heteroatoms.